The molecule has 0 aliphatic rings. The Hall–Kier alpha value is -3.22. The number of rotatable bonds is 7. The second kappa shape index (κ2) is 8.75. The number of hydrogen-bond donors (Lipinski definition) is 3. The number of carboxylic acids is 1. The number of amides is 2. The predicted molar refractivity (Wildman–Crippen MR) is 93.0 cm³/mol. The van der Waals surface area contributed by atoms with Gasteiger partial charge in [0.2, 0.25) is 5.91 Å². The van der Waals surface area contributed by atoms with Crippen molar-refractivity contribution in [1.29, 1.82) is 0 Å². The van der Waals surface area contributed by atoms with Gasteiger partial charge in [-0.1, -0.05) is 36.4 Å². The molecule has 0 bridgehead atoms. The van der Waals surface area contributed by atoms with Gasteiger partial charge in [0.25, 0.3) is 5.91 Å². The summed E-state index contributed by atoms with van der Waals surface area (Å²) >= 11 is 0. The van der Waals surface area contributed by atoms with E-state index in [-0.39, 0.29) is 12.0 Å². The Morgan fingerprint density at radius 2 is 1.62 bits per heavy atom. The quantitative estimate of drug-likeness (QED) is 0.703. The molecule has 0 radical (unpaired) electrons. The van der Waals surface area contributed by atoms with Gasteiger partial charge in [-0.2, -0.15) is 0 Å². The SMILES string of the molecule is CC(NC(=O)C(Cc1ccccc1F)NC(=O)c1ccccc1)C(=O)O. The molecule has 0 saturated heterocycles. The molecule has 2 aromatic carbocycles. The minimum atomic E-state index is -1.21. The van der Waals surface area contributed by atoms with Crippen molar-refractivity contribution in [3.05, 3.63) is 71.5 Å². The molecule has 136 valence electrons. The molecule has 0 heterocycles. The first-order valence-corrected chi connectivity index (χ1v) is 8.01. The molecule has 2 atom stereocenters. The van der Waals surface area contributed by atoms with E-state index in [1.807, 2.05) is 0 Å². The maximum atomic E-state index is 13.9. The first-order valence-electron chi connectivity index (χ1n) is 8.01. The second-order valence-electron chi connectivity index (χ2n) is 5.76. The smallest absolute Gasteiger partial charge is 0.325 e. The van der Waals surface area contributed by atoms with Crippen LogP contribution < -0.4 is 10.6 Å². The molecule has 0 aromatic heterocycles. The molecule has 0 aliphatic heterocycles. The largest absolute Gasteiger partial charge is 0.480 e. The van der Waals surface area contributed by atoms with Crippen LogP contribution in [-0.4, -0.2) is 35.0 Å². The Morgan fingerprint density at radius 1 is 1.00 bits per heavy atom. The van der Waals surface area contributed by atoms with Crippen LogP contribution in [0.1, 0.15) is 22.8 Å². The number of carbonyl (C=O) groups is 3. The first-order chi connectivity index (χ1) is 12.4. The predicted octanol–water partition coefficient (Wildman–Crippen LogP) is 1.76. The molecule has 2 rings (SSSR count). The lowest BCUT2D eigenvalue weighted by molar-refractivity contribution is -0.141. The van der Waals surface area contributed by atoms with Gasteiger partial charge in [-0.05, 0) is 30.7 Å². The zero-order valence-corrected chi connectivity index (χ0v) is 14.1. The number of nitrogens with one attached hydrogen (secondary N) is 2. The topological polar surface area (TPSA) is 95.5 Å². The highest BCUT2D eigenvalue weighted by atomic mass is 19.1. The van der Waals surface area contributed by atoms with Crippen LogP contribution in [0.4, 0.5) is 4.39 Å². The van der Waals surface area contributed by atoms with Crippen LogP contribution >= 0.6 is 0 Å². The lowest BCUT2D eigenvalue weighted by Crippen LogP contribution is -2.51. The molecular formula is C19H19FN2O4. The molecule has 0 aliphatic carbocycles. The van der Waals surface area contributed by atoms with Crippen LogP contribution in [0, 0.1) is 5.82 Å². The molecular weight excluding hydrogens is 339 g/mol. The minimum absolute atomic E-state index is 0.108. The highest BCUT2D eigenvalue weighted by molar-refractivity contribution is 5.98. The molecule has 2 unspecified atom stereocenters. The van der Waals surface area contributed by atoms with Crippen molar-refractivity contribution in [3.63, 3.8) is 0 Å². The Kier molecular flexibility index (Phi) is 6.43. The third kappa shape index (κ3) is 5.14. The van der Waals surface area contributed by atoms with Gasteiger partial charge in [-0.25, -0.2) is 4.39 Å². The van der Waals surface area contributed by atoms with Crippen molar-refractivity contribution in [2.45, 2.75) is 25.4 Å². The summed E-state index contributed by atoms with van der Waals surface area (Å²) in [5.74, 6) is -2.93. The maximum Gasteiger partial charge on any atom is 0.325 e. The number of carbonyl (C=O) groups excluding carboxylic acids is 2. The van der Waals surface area contributed by atoms with Gasteiger partial charge in [0.1, 0.15) is 17.9 Å². The van der Waals surface area contributed by atoms with E-state index in [0.717, 1.165) is 0 Å². The molecule has 7 heteroatoms. The Morgan fingerprint density at radius 3 is 2.23 bits per heavy atom. The van der Waals surface area contributed by atoms with E-state index in [0.29, 0.717) is 5.56 Å². The van der Waals surface area contributed by atoms with Crippen LogP contribution in [0.25, 0.3) is 0 Å². The number of carboxylic acid groups (broad SMARTS) is 1. The summed E-state index contributed by atoms with van der Waals surface area (Å²) in [5.41, 5.74) is 0.578. The van der Waals surface area contributed by atoms with E-state index in [4.69, 9.17) is 5.11 Å². The van der Waals surface area contributed by atoms with Crippen LogP contribution in [0.2, 0.25) is 0 Å². The fourth-order valence-corrected chi connectivity index (χ4v) is 2.30. The molecule has 2 aromatic rings. The number of aliphatic carboxylic acids is 1. The van der Waals surface area contributed by atoms with Gasteiger partial charge in [-0.3, -0.25) is 14.4 Å². The maximum absolute atomic E-state index is 13.9. The second-order valence-corrected chi connectivity index (χ2v) is 5.76. The Balaban J connectivity index is 2.20. The molecule has 0 spiro atoms. The average molecular weight is 358 g/mol. The van der Waals surface area contributed by atoms with Gasteiger partial charge >= 0.3 is 5.97 Å². The van der Waals surface area contributed by atoms with Gasteiger partial charge in [-0.15, -0.1) is 0 Å². The molecule has 26 heavy (non-hydrogen) atoms. The van der Waals surface area contributed by atoms with Crippen LogP contribution in [0.3, 0.4) is 0 Å². The summed E-state index contributed by atoms with van der Waals surface area (Å²) in [6, 6.07) is 11.9. The minimum Gasteiger partial charge on any atom is -0.480 e. The molecule has 3 N–H and O–H groups in total. The van der Waals surface area contributed by atoms with E-state index < -0.39 is 35.7 Å². The van der Waals surface area contributed by atoms with Crippen molar-refractivity contribution < 1.29 is 23.9 Å². The van der Waals surface area contributed by atoms with E-state index in [1.54, 1.807) is 36.4 Å². The molecule has 6 nitrogen and oxygen atoms in total. The molecule has 2 amide bonds. The standard InChI is InChI=1S/C19H19FN2O4/c1-12(19(25)26)21-18(24)16(11-14-9-5-6-10-15(14)20)22-17(23)13-7-3-2-4-8-13/h2-10,12,16H,11H2,1H3,(H,21,24)(H,22,23)(H,25,26). The average Bonchev–Trinajstić information content (AvgIpc) is 2.63. The first kappa shape index (κ1) is 19.1. The third-order valence-electron chi connectivity index (χ3n) is 3.77. The summed E-state index contributed by atoms with van der Waals surface area (Å²) in [7, 11) is 0. The van der Waals surface area contributed by atoms with E-state index in [9.17, 15) is 18.8 Å². The number of hydrogen-bond acceptors (Lipinski definition) is 3. The third-order valence-corrected chi connectivity index (χ3v) is 3.77. The fourth-order valence-electron chi connectivity index (χ4n) is 2.30. The lowest BCUT2D eigenvalue weighted by Gasteiger charge is -2.20. The highest BCUT2D eigenvalue weighted by Crippen LogP contribution is 2.10. The Bertz CT molecular complexity index is 795. The monoisotopic (exact) mass is 358 g/mol. The van der Waals surface area contributed by atoms with Gasteiger partial charge in [0.05, 0.1) is 0 Å². The van der Waals surface area contributed by atoms with E-state index >= 15 is 0 Å². The lowest BCUT2D eigenvalue weighted by atomic mass is 10.0. The van der Waals surface area contributed by atoms with Gasteiger partial charge in [0, 0.05) is 12.0 Å². The summed E-state index contributed by atoms with van der Waals surface area (Å²) in [6.07, 6.45) is -0.108. The summed E-state index contributed by atoms with van der Waals surface area (Å²) in [4.78, 5) is 35.7. The zero-order chi connectivity index (χ0) is 19.1. The Labute approximate surface area is 150 Å². The summed E-state index contributed by atoms with van der Waals surface area (Å²) in [6.45, 7) is 1.30. The molecule has 0 saturated carbocycles. The summed E-state index contributed by atoms with van der Waals surface area (Å²) < 4.78 is 13.9. The van der Waals surface area contributed by atoms with Gasteiger partial charge < -0.3 is 15.7 Å². The van der Waals surface area contributed by atoms with Crippen LogP contribution in [0.5, 0.6) is 0 Å². The van der Waals surface area contributed by atoms with E-state index in [1.165, 1.54) is 25.1 Å². The van der Waals surface area contributed by atoms with Crippen LogP contribution in [0.15, 0.2) is 54.6 Å². The summed E-state index contributed by atoms with van der Waals surface area (Å²) in [5, 5.41) is 13.8. The van der Waals surface area contributed by atoms with E-state index in [2.05, 4.69) is 10.6 Å². The number of benzene rings is 2. The van der Waals surface area contributed by atoms with Crippen LogP contribution in [-0.2, 0) is 16.0 Å². The van der Waals surface area contributed by atoms with Crippen molar-refractivity contribution in [2.75, 3.05) is 0 Å². The normalized spacial score (nSPS) is 12.7. The van der Waals surface area contributed by atoms with Crippen molar-refractivity contribution >= 4 is 17.8 Å². The zero-order valence-electron chi connectivity index (χ0n) is 14.1. The van der Waals surface area contributed by atoms with Gasteiger partial charge in [0.15, 0.2) is 0 Å². The van der Waals surface area contributed by atoms with Crippen molar-refractivity contribution in [3.8, 4) is 0 Å². The molecule has 0 fully saturated rings. The fraction of sp³-hybridized carbons (Fsp3) is 0.211. The van der Waals surface area contributed by atoms with Crippen molar-refractivity contribution in [2.24, 2.45) is 0 Å². The number of halogens is 1. The highest BCUT2D eigenvalue weighted by Gasteiger charge is 2.25. The van der Waals surface area contributed by atoms with Crippen molar-refractivity contribution in [1.82, 2.24) is 10.6 Å².